The molecule has 0 radical (unpaired) electrons. The largest absolute Gasteiger partial charge is 0.308 e. The van der Waals surface area contributed by atoms with E-state index >= 15 is 0 Å². The molecular formula is C7H4F2N4O4S. The van der Waals surface area contributed by atoms with Gasteiger partial charge in [-0.25, -0.2) is 27.3 Å². The van der Waals surface area contributed by atoms with Gasteiger partial charge < -0.3 is 0 Å². The third-order valence-electron chi connectivity index (χ3n) is 1.84. The molecule has 0 fully saturated rings. The molecule has 0 spiro atoms. The summed E-state index contributed by atoms with van der Waals surface area (Å²) >= 11 is 0. The Kier molecular flexibility index (Phi) is 3.54. The Morgan fingerprint density at radius 2 is 2.11 bits per heavy atom. The van der Waals surface area contributed by atoms with Crippen LogP contribution in [-0.4, -0.2) is 18.3 Å². The van der Waals surface area contributed by atoms with E-state index in [2.05, 4.69) is 10.1 Å². The maximum Gasteiger partial charge on any atom is 0.308 e. The minimum absolute atomic E-state index is 0.322. The van der Waals surface area contributed by atoms with Crippen LogP contribution in [0.25, 0.3) is 0 Å². The number of halogens is 2. The summed E-state index contributed by atoms with van der Waals surface area (Å²) in [5.74, 6) is 0. The molecule has 11 heteroatoms. The first-order valence-electron chi connectivity index (χ1n) is 4.08. The number of primary sulfonamides is 1. The Bertz CT molecular complexity index is 652. The van der Waals surface area contributed by atoms with Gasteiger partial charge in [-0.1, -0.05) is 0 Å². The maximum atomic E-state index is 12.5. The molecule has 0 saturated carbocycles. The number of nitrogens with two attached hydrogens (primary N) is 1. The van der Waals surface area contributed by atoms with Crippen molar-refractivity contribution >= 4 is 15.7 Å². The van der Waals surface area contributed by atoms with Crippen LogP contribution in [-0.2, 0) is 10.0 Å². The molecule has 8 nitrogen and oxygen atoms in total. The quantitative estimate of drug-likeness (QED) is 0.628. The van der Waals surface area contributed by atoms with Crippen LogP contribution in [0.1, 0.15) is 17.7 Å². The van der Waals surface area contributed by atoms with Gasteiger partial charge in [-0.15, -0.1) is 0 Å². The molecule has 1 heterocycles. The summed E-state index contributed by atoms with van der Waals surface area (Å²) < 4.78 is 47.3. The van der Waals surface area contributed by atoms with Crippen LogP contribution in [0.2, 0.25) is 0 Å². The number of rotatable bonds is 3. The summed E-state index contributed by atoms with van der Waals surface area (Å²) in [5, 5.41) is 23.9. The lowest BCUT2D eigenvalue weighted by molar-refractivity contribution is -0.388. The van der Waals surface area contributed by atoms with Crippen LogP contribution < -0.4 is 5.14 Å². The number of pyridine rings is 1. The molecule has 0 aliphatic rings. The second kappa shape index (κ2) is 4.59. The highest BCUT2D eigenvalue weighted by Gasteiger charge is 2.32. The van der Waals surface area contributed by atoms with Gasteiger partial charge in [-0.05, 0) is 0 Å². The molecular weight excluding hydrogens is 274 g/mol. The van der Waals surface area contributed by atoms with E-state index < -0.39 is 43.2 Å². The number of nitrogens with zero attached hydrogens (tertiary/aromatic N) is 3. The number of alkyl halides is 2. The number of nitriles is 1. The van der Waals surface area contributed by atoms with E-state index in [1.807, 2.05) is 0 Å². The third-order valence-corrected chi connectivity index (χ3v) is 2.82. The minimum atomic E-state index is -4.71. The van der Waals surface area contributed by atoms with Crippen molar-refractivity contribution in [1.82, 2.24) is 4.98 Å². The molecule has 0 aliphatic carbocycles. The summed E-state index contributed by atoms with van der Waals surface area (Å²) in [7, 11) is -4.71. The molecule has 96 valence electrons. The Labute approximate surface area is 98.9 Å². The normalized spacial score (nSPS) is 11.3. The summed E-state index contributed by atoms with van der Waals surface area (Å²) in [6.07, 6.45) is -2.94. The van der Waals surface area contributed by atoms with Gasteiger partial charge >= 0.3 is 5.69 Å². The van der Waals surface area contributed by atoms with Crippen LogP contribution in [0.15, 0.2) is 11.1 Å². The van der Waals surface area contributed by atoms with Crippen LogP contribution in [0.3, 0.4) is 0 Å². The summed E-state index contributed by atoms with van der Waals surface area (Å²) in [5.41, 5.74) is -3.42. The zero-order valence-corrected chi connectivity index (χ0v) is 9.19. The highest BCUT2D eigenvalue weighted by Crippen LogP contribution is 2.31. The number of hydrogen-bond donors (Lipinski definition) is 1. The lowest BCUT2D eigenvalue weighted by Gasteiger charge is -2.06. The molecule has 1 rings (SSSR count). The molecule has 0 saturated heterocycles. The highest BCUT2D eigenvalue weighted by atomic mass is 32.2. The van der Waals surface area contributed by atoms with Crippen molar-refractivity contribution in [3.8, 4) is 6.07 Å². The zero-order chi connectivity index (χ0) is 14.1. The Balaban J connectivity index is 3.87. The molecule has 1 aromatic rings. The van der Waals surface area contributed by atoms with Gasteiger partial charge in [0.05, 0.1) is 4.92 Å². The van der Waals surface area contributed by atoms with Gasteiger partial charge in [-0.3, -0.25) is 10.1 Å². The van der Waals surface area contributed by atoms with Crippen LogP contribution in [0, 0.1) is 21.4 Å². The van der Waals surface area contributed by atoms with Gasteiger partial charge in [-0.2, -0.15) is 5.26 Å². The molecule has 1 aromatic heterocycles. The molecule has 0 amide bonds. The van der Waals surface area contributed by atoms with E-state index in [1.165, 1.54) is 0 Å². The van der Waals surface area contributed by atoms with Crippen LogP contribution in [0.5, 0.6) is 0 Å². The monoisotopic (exact) mass is 278 g/mol. The fourth-order valence-corrected chi connectivity index (χ4v) is 2.04. The zero-order valence-electron chi connectivity index (χ0n) is 8.37. The van der Waals surface area contributed by atoms with E-state index in [0.29, 0.717) is 6.20 Å². The van der Waals surface area contributed by atoms with E-state index in [1.54, 1.807) is 0 Å². The molecule has 0 aromatic carbocycles. The summed E-state index contributed by atoms with van der Waals surface area (Å²) in [6, 6.07) is 1.14. The van der Waals surface area contributed by atoms with E-state index in [-0.39, 0.29) is 0 Å². The first kappa shape index (κ1) is 13.9. The molecule has 0 aliphatic heterocycles. The predicted octanol–water partition coefficient (Wildman–Crippen LogP) is 0.446. The van der Waals surface area contributed by atoms with Gasteiger partial charge in [0.25, 0.3) is 6.43 Å². The molecule has 2 N–H and O–H groups in total. The van der Waals surface area contributed by atoms with Crippen molar-refractivity contribution in [1.29, 1.82) is 5.26 Å². The minimum Gasteiger partial charge on any atom is -0.258 e. The van der Waals surface area contributed by atoms with E-state index in [4.69, 9.17) is 5.26 Å². The molecule has 0 atom stereocenters. The number of nitro groups is 1. The number of aromatic nitrogens is 1. The van der Waals surface area contributed by atoms with Crippen LogP contribution >= 0.6 is 0 Å². The second-order valence-corrected chi connectivity index (χ2v) is 4.45. The average molecular weight is 278 g/mol. The Morgan fingerprint density at radius 3 is 2.44 bits per heavy atom. The number of hydrogen-bond acceptors (Lipinski definition) is 6. The van der Waals surface area contributed by atoms with Gasteiger partial charge in [0, 0.05) is 0 Å². The van der Waals surface area contributed by atoms with Crippen molar-refractivity contribution in [2.45, 2.75) is 11.3 Å². The lowest BCUT2D eigenvalue weighted by atomic mass is 10.2. The highest BCUT2D eigenvalue weighted by molar-refractivity contribution is 7.89. The van der Waals surface area contributed by atoms with Crippen molar-refractivity contribution in [2.24, 2.45) is 5.14 Å². The van der Waals surface area contributed by atoms with Gasteiger partial charge in [0.1, 0.15) is 23.5 Å². The standard InChI is InChI=1S/C7H4F2N4O4S/c8-7(9)5-3(1-10)6(18(11,16)17)4(2-12-5)13(14)15/h2,7H,(H2,11,16,17). The van der Waals surface area contributed by atoms with Crippen LogP contribution in [0.4, 0.5) is 14.5 Å². The third kappa shape index (κ3) is 2.39. The molecule has 18 heavy (non-hydrogen) atoms. The van der Waals surface area contributed by atoms with Crippen molar-refractivity contribution in [3.05, 3.63) is 27.6 Å². The van der Waals surface area contributed by atoms with E-state index in [9.17, 15) is 27.3 Å². The SMILES string of the molecule is N#Cc1c(C(F)F)ncc([N+](=O)[O-])c1S(N)(=O)=O. The average Bonchev–Trinajstić information content (AvgIpc) is 2.25. The Hall–Kier alpha value is -2.19. The molecule has 0 bridgehead atoms. The first-order chi connectivity index (χ1) is 8.20. The summed E-state index contributed by atoms with van der Waals surface area (Å²) in [4.78, 5) is 11.1. The van der Waals surface area contributed by atoms with E-state index in [0.717, 1.165) is 6.07 Å². The fraction of sp³-hybridized carbons (Fsp3) is 0.143. The van der Waals surface area contributed by atoms with Gasteiger partial charge in [0.2, 0.25) is 10.0 Å². The maximum absolute atomic E-state index is 12.5. The number of sulfonamides is 1. The topological polar surface area (TPSA) is 140 Å². The summed E-state index contributed by atoms with van der Waals surface area (Å²) in [6.45, 7) is 0. The Morgan fingerprint density at radius 1 is 1.56 bits per heavy atom. The predicted molar refractivity (Wildman–Crippen MR) is 51.9 cm³/mol. The van der Waals surface area contributed by atoms with Gasteiger partial charge in [0.15, 0.2) is 4.90 Å². The van der Waals surface area contributed by atoms with Crippen molar-refractivity contribution < 1.29 is 22.1 Å². The first-order valence-corrected chi connectivity index (χ1v) is 5.63. The smallest absolute Gasteiger partial charge is 0.258 e. The second-order valence-electron chi connectivity index (χ2n) is 2.95. The van der Waals surface area contributed by atoms with Crippen molar-refractivity contribution in [2.75, 3.05) is 0 Å². The molecule has 0 unspecified atom stereocenters. The van der Waals surface area contributed by atoms with Crippen molar-refractivity contribution in [3.63, 3.8) is 0 Å². The fourth-order valence-electron chi connectivity index (χ4n) is 1.19. The lowest BCUT2D eigenvalue weighted by Crippen LogP contribution is -2.18.